The van der Waals surface area contributed by atoms with Crippen LogP contribution in [-0.4, -0.2) is 45.2 Å². The Labute approximate surface area is 206 Å². The quantitative estimate of drug-likeness (QED) is 0.442. The maximum Gasteiger partial charge on any atom is 0.254 e. The van der Waals surface area contributed by atoms with Gasteiger partial charge in [-0.15, -0.1) is 0 Å². The fourth-order valence-electron chi connectivity index (χ4n) is 5.20. The fourth-order valence-corrected chi connectivity index (χ4v) is 5.20. The average molecular weight is 479 g/mol. The van der Waals surface area contributed by atoms with E-state index in [4.69, 9.17) is 4.98 Å². The molecule has 1 saturated heterocycles. The lowest BCUT2D eigenvalue weighted by Gasteiger charge is -2.18. The first-order chi connectivity index (χ1) is 16.9. The van der Waals surface area contributed by atoms with E-state index >= 15 is 0 Å². The third-order valence-electron chi connectivity index (χ3n) is 7.34. The van der Waals surface area contributed by atoms with E-state index in [0.717, 1.165) is 85.0 Å². The van der Waals surface area contributed by atoms with E-state index in [9.17, 15) is 9.18 Å². The molecule has 5 rings (SSSR count). The number of benzene rings is 1. The molecule has 0 bridgehead atoms. The Morgan fingerprint density at radius 3 is 2.80 bits per heavy atom. The minimum Gasteiger partial charge on any atom is -0.342 e. The smallest absolute Gasteiger partial charge is 0.254 e. The topological polar surface area (TPSA) is 75.1 Å². The van der Waals surface area contributed by atoms with Crippen LogP contribution in [0.2, 0.25) is 0 Å². The van der Waals surface area contributed by atoms with E-state index in [-0.39, 0.29) is 17.8 Å². The highest BCUT2D eigenvalue weighted by atomic mass is 19.1. The van der Waals surface area contributed by atoms with Crippen LogP contribution >= 0.6 is 0 Å². The number of aryl methyl sites for hydroxylation is 2. The predicted molar refractivity (Wildman–Crippen MR) is 134 cm³/mol. The minimum atomic E-state index is -0.193. The van der Waals surface area contributed by atoms with Crippen LogP contribution in [0.3, 0.4) is 0 Å². The van der Waals surface area contributed by atoms with Crippen LogP contribution in [0, 0.1) is 12.7 Å². The molecule has 0 spiro atoms. The number of rotatable bonds is 9. The van der Waals surface area contributed by atoms with Gasteiger partial charge in [0.25, 0.3) is 5.91 Å². The van der Waals surface area contributed by atoms with Gasteiger partial charge in [-0.3, -0.25) is 20.3 Å². The van der Waals surface area contributed by atoms with Crippen molar-refractivity contribution in [1.82, 2.24) is 30.5 Å². The molecule has 2 atom stereocenters. The van der Waals surface area contributed by atoms with Gasteiger partial charge in [-0.05, 0) is 62.8 Å². The van der Waals surface area contributed by atoms with E-state index in [1.165, 1.54) is 6.07 Å². The molecule has 3 aromatic rings. The lowest BCUT2D eigenvalue weighted by Crippen LogP contribution is -2.31. The summed E-state index contributed by atoms with van der Waals surface area (Å²) in [5.74, 6) is 0.335. The molecule has 2 aliphatic rings. The Balaban J connectivity index is 1.12. The summed E-state index contributed by atoms with van der Waals surface area (Å²) in [6.07, 6.45) is 7.41. The third kappa shape index (κ3) is 5.23. The van der Waals surface area contributed by atoms with Crippen LogP contribution in [0.1, 0.15) is 84.2 Å². The molecular weight excluding hydrogens is 443 g/mol. The summed E-state index contributed by atoms with van der Waals surface area (Å²) < 4.78 is 15.3. The molecule has 0 radical (unpaired) electrons. The van der Waals surface area contributed by atoms with Crippen molar-refractivity contribution in [2.45, 2.75) is 69.9 Å². The number of hydrogen-bond acceptors (Lipinski definition) is 5. The number of carbonyl (C=O) groups excluding carboxylic acids is 1. The molecule has 2 aromatic heterocycles. The van der Waals surface area contributed by atoms with Crippen LogP contribution < -0.4 is 10.9 Å². The number of amides is 1. The highest BCUT2D eigenvalue weighted by Crippen LogP contribution is 2.40. The first-order valence-electron chi connectivity index (χ1n) is 12.8. The summed E-state index contributed by atoms with van der Waals surface area (Å²) in [6.45, 7) is 2.67. The summed E-state index contributed by atoms with van der Waals surface area (Å²) in [6, 6.07) is 9.33. The van der Waals surface area contributed by atoms with Crippen molar-refractivity contribution < 1.29 is 9.18 Å². The number of fused-ring (bicyclic) bond motifs is 1. The largest absolute Gasteiger partial charge is 0.342 e. The molecule has 2 unspecified atom stereocenters. The number of hydrogen-bond donors (Lipinski definition) is 2. The number of nitrogens with zero attached hydrogens (tertiary/aromatic N) is 4. The molecule has 1 amide bonds. The van der Waals surface area contributed by atoms with Gasteiger partial charge < -0.3 is 4.90 Å². The summed E-state index contributed by atoms with van der Waals surface area (Å²) in [5.41, 5.74) is 11.0. The molecule has 1 aliphatic heterocycles. The van der Waals surface area contributed by atoms with Crippen LogP contribution in [0.4, 0.5) is 4.39 Å². The predicted octanol–water partition coefficient (Wildman–Crippen LogP) is 4.53. The van der Waals surface area contributed by atoms with Gasteiger partial charge in [0.1, 0.15) is 5.82 Å². The van der Waals surface area contributed by atoms with E-state index < -0.39 is 0 Å². The Hall–Kier alpha value is -2.84. The Bertz CT molecular complexity index is 1220. The lowest BCUT2D eigenvalue weighted by atomic mass is 9.99. The van der Waals surface area contributed by atoms with Crippen LogP contribution in [0.15, 0.2) is 30.3 Å². The number of nitrogens with one attached hydrogen (secondary N) is 2. The van der Waals surface area contributed by atoms with Gasteiger partial charge in [-0.2, -0.15) is 5.10 Å². The SMILES string of the molecule is Cc1nn(C)c2nc(C3CC3)cc(C(=O)N(C)CCCCCC3CC(c4cccc(F)c4)NN3)c12. The van der Waals surface area contributed by atoms with Crippen molar-refractivity contribution in [1.29, 1.82) is 0 Å². The molecule has 7 nitrogen and oxygen atoms in total. The van der Waals surface area contributed by atoms with Crippen molar-refractivity contribution in [2.75, 3.05) is 13.6 Å². The van der Waals surface area contributed by atoms with Crippen molar-refractivity contribution >= 4 is 16.9 Å². The molecule has 1 aromatic carbocycles. The number of unbranched alkanes of at least 4 members (excludes halogenated alkanes) is 2. The van der Waals surface area contributed by atoms with Crippen LogP contribution in [-0.2, 0) is 7.05 Å². The van der Waals surface area contributed by atoms with Crippen molar-refractivity contribution in [3.8, 4) is 0 Å². The van der Waals surface area contributed by atoms with Gasteiger partial charge in [0.2, 0.25) is 0 Å². The molecule has 8 heteroatoms. The molecule has 1 aliphatic carbocycles. The number of carbonyl (C=O) groups is 1. The summed E-state index contributed by atoms with van der Waals surface area (Å²) in [7, 11) is 3.79. The summed E-state index contributed by atoms with van der Waals surface area (Å²) in [4.78, 5) is 20.1. The highest BCUT2D eigenvalue weighted by Gasteiger charge is 2.29. The molecule has 3 heterocycles. The van der Waals surface area contributed by atoms with Gasteiger partial charge in [0.05, 0.1) is 16.6 Å². The maximum absolute atomic E-state index is 13.5. The molecule has 186 valence electrons. The average Bonchev–Trinajstić information content (AvgIpc) is 3.52. The lowest BCUT2D eigenvalue weighted by molar-refractivity contribution is 0.0794. The monoisotopic (exact) mass is 478 g/mol. The first kappa shape index (κ1) is 23.9. The second kappa shape index (κ2) is 10.0. The van der Waals surface area contributed by atoms with Gasteiger partial charge in [-0.25, -0.2) is 9.37 Å². The second-order valence-electron chi connectivity index (χ2n) is 10.2. The normalized spacial score (nSPS) is 20.0. The van der Waals surface area contributed by atoms with E-state index in [1.807, 2.05) is 38.1 Å². The molecule has 2 fully saturated rings. The first-order valence-corrected chi connectivity index (χ1v) is 12.8. The van der Waals surface area contributed by atoms with Gasteiger partial charge in [0, 0.05) is 44.3 Å². The molecule has 1 saturated carbocycles. The van der Waals surface area contributed by atoms with E-state index in [0.29, 0.717) is 12.0 Å². The minimum absolute atomic E-state index is 0.0509. The molecule has 2 N–H and O–H groups in total. The third-order valence-corrected chi connectivity index (χ3v) is 7.34. The van der Waals surface area contributed by atoms with Crippen molar-refractivity contribution in [3.63, 3.8) is 0 Å². The number of halogens is 1. The Morgan fingerprint density at radius 1 is 1.20 bits per heavy atom. The Morgan fingerprint density at radius 2 is 2.03 bits per heavy atom. The highest BCUT2D eigenvalue weighted by molar-refractivity contribution is 6.06. The molecule has 35 heavy (non-hydrogen) atoms. The van der Waals surface area contributed by atoms with Crippen LogP contribution in [0.5, 0.6) is 0 Å². The summed E-state index contributed by atoms with van der Waals surface area (Å²) >= 11 is 0. The number of hydrazine groups is 1. The molecular formula is C27H35FN6O. The second-order valence-corrected chi connectivity index (χ2v) is 10.2. The Kier molecular flexibility index (Phi) is 6.84. The van der Waals surface area contributed by atoms with Crippen molar-refractivity contribution in [3.05, 3.63) is 58.7 Å². The van der Waals surface area contributed by atoms with Gasteiger partial charge >= 0.3 is 0 Å². The zero-order valence-corrected chi connectivity index (χ0v) is 20.9. The number of pyridine rings is 1. The maximum atomic E-state index is 13.5. The van der Waals surface area contributed by atoms with Crippen LogP contribution in [0.25, 0.3) is 11.0 Å². The zero-order valence-electron chi connectivity index (χ0n) is 20.9. The standard InChI is InChI=1S/C27H35FN6O/c1-17-25-22(16-23(18-11-12-18)29-26(25)34(3)32-17)27(35)33(2)13-6-4-5-10-21-15-24(31-30-21)19-8-7-9-20(28)14-19/h7-9,14,16,18,21,24,30-31H,4-6,10-13,15H2,1-3H3. The summed E-state index contributed by atoms with van der Waals surface area (Å²) in [5, 5.41) is 5.40. The number of aromatic nitrogens is 3. The van der Waals surface area contributed by atoms with E-state index in [1.54, 1.807) is 16.8 Å². The van der Waals surface area contributed by atoms with Gasteiger partial charge in [0.15, 0.2) is 5.65 Å². The van der Waals surface area contributed by atoms with Gasteiger partial charge in [-0.1, -0.05) is 25.0 Å². The van der Waals surface area contributed by atoms with E-state index in [2.05, 4.69) is 16.0 Å². The van der Waals surface area contributed by atoms with Crippen molar-refractivity contribution in [2.24, 2.45) is 7.05 Å². The zero-order chi connectivity index (χ0) is 24.5. The fraction of sp³-hybridized carbons (Fsp3) is 0.519.